The maximum Gasteiger partial charge on any atom is 0.387 e. The van der Waals surface area contributed by atoms with E-state index in [9.17, 15) is 18.0 Å². The Labute approximate surface area is 142 Å². The van der Waals surface area contributed by atoms with Crippen molar-refractivity contribution in [1.29, 1.82) is 0 Å². The van der Waals surface area contributed by atoms with Gasteiger partial charge in [0.05, 0.1) is 7.11 Å². The summed E-state index contributed by atoms with van der Waals surface area (Å²) in [6.45, 7) is -1.31. The minimum atomic E-state index is -3.01. The average molecular weight is 351 g/mol. The first-order valence-corrected chi connectivity index (χ1v) is 7.27. The first kappa shape index (κ1) is 18.4. The lowest BCUT2D eigenvalue weighted by Crippen LogP contribution is -2.09. The minimum absolute atomic E-state index is 0.122. The van der Waals surface area contributed by atoms with Crippen LogP contribution in [0, 0.1) is 5.82 Å². The number of anilines is 1. The van der Waals surface area contributed by atoms with Crippen LogP contribution >= 0.6 is 0 Å². The van der Waals surface area contributed by atoms with Gasteiger partial charge in [-0.3, -0.25) is 4.79 Å². The van der Waals surface area contributed by atoms with Crippen molar-refractivity contribution >= 4 is 17.2 Å². The van der Waals surface area contributed by atoms with E-state index in [1.54, 1.807) is 19.1 Å². The molecule has 4 nitrogen and oxygen atoms in total. The number of hydrogen-bond donors (Lipinski definition) is 1. The van der Waals surface area contributed by atoms with Crippen molar-refractivity contribution in [3.05, 3.63) is 59.9 Å². The molecule has 25 heavy (non-hydrogen) atoms. The third-order valence-electron chi connectivity index (χ3n) is 3.29. The number of allylic oxidation sites excluding steroid dienone is 1. The Kier molecular flexibility index (Phi) is 6.05. The van der Waals surface area contributed by atoms with Crippen molar-refractivity contribution in [2.75, 3.05) is 12.4 Å². The number of carbonyl (C=O) groups excluding carboxylic acids is 1. The summed E-state index contributed by atoms with van der Waals surface area (Å²) in [7, 11) is 1.32. The van der Waals surface area contributed by atoms with E-state index in [1.807, 2.05) is 0 Å². The molecule has 0 aliphatic heterocycles. The van der Waals surface area contributed by atoms with Gasteiger partial charge in [-0.2, -0.15) is 8.78 Å². The van der Waals surface area contributed by atoms with Crippen molar-refractivity contribution in [2.24, 2.45) is 0 Å². The number of nitrogens with one attached hydrogen (secondary N) is 1. The molecule has 0 radical (unpaired) electrons. The number of benzene rings is 2. The van der Waals surface area contributed by atoms with Gasteiger partial charge in [-0.1, -0.05) is 12.1 Å². The van der Waals surface area contributed by atoms with Crippen LogP contribution in [0.5, 0.6) is 11.5 Å². The summed E-state index contributed by atoms with van der Waals surface area (Å²) in [5, 5.41) is 2.55. The van der Waals surface area contributed by atoms with Gasteiger partial charge >= 0.3 is 6.61 Å². The Morgan fingerprint density at radius 1 is 1.12 bits per heavy atom. The van der Waals surface area contributed by atoms with Crippen molar-refractivity contribution in [3.8, 4) is 11.5 Å². The Hall–Kier alpha value is -2.96. The fraction of sp³-hybridized carbons (Fsp3) is 0.167. The summed E-state index contributed by atoms with van der Waals surface area (Å²) < 4.78 is 47.0. The second kappa shape index (κ2) is 8.23. The summed E-state index contributed by atoms with van der Waals surface area (Å²) in [5.41, 5.74) is 1.58. The van der Waals surface area contributed by atoms with Crippen LogP contribution in [-0.4, -0.2) is 19.6 Å². The minimum Gasteiger partial charge on any atom is -0.493 e. The molecule has 0 aliphatic rings. The van der Waals surface area contributed by atoms with Crippen LogP contribution in [0.3, 0.4) is 0 Å². The highest BCUT2D eigenvalue weighted by atomic mass is 19.3. The molecule has 0 saturated heterocycles. The molecule has 0 unspecified atom stereocenters. The van der Waals surface area contributed by atoms with E-state index >= 15 is 0 Å². The van der Waals surface area contributed by atoms with Crippen molar-refractivity contribution in [1.82, 2.24) is 0 Å². The van der Waals surface area contributed by atoms with Crippen LogP contribution in [0.4, 0.5) is 18.9 Å². The molecule has 7 heteroatoms. The summed E-state index contributed by atoms with van der Waals surface area (Å²) in [6.07, 6.45) is 1.32. The molecule has 0 atom stereocenters. The Bertz CT molecular complexity index is 774. The maximum atomic E-state index is 12.9. The van der Waals surface area contributed by atoms with E-state index in [4.69, 9.17) is 4.74 Å². The molecule has 0 fully saturated rings. The molecule has 0 bridgehead atoms. The second-order valence-corrected chi connectivity index (χ2v) is 5.07. The quantitative estimate of drug-likeness (QED) is 0.781. The molecule has 2 aromatic rings. The molecule has 1 N–H and O–H groups in total. The average Bonchev–Trinajstić information content (AvgIpc) is 2.55. The molecule has 0 heterocycles. The first-order chi connectivity index (χ1) is 11.9. The van der Waals surface area contributed by atoms with Gasteiger partial charge in [0.2, 0.25) is 5.91 Å². The monoisotopic (exact) mass is 351 g/mol. The lowest BCUT2D eigenvalue weighted by Gasteiger charge is -2.12. The number of rotatable bonds is 6. The molecule has 0 spiro atoms. The van der Waals surface area contributed by atoms with Crippen LogP contribution in [0.1, 0.15) is 12.5 Å². The van der Waals surface area contributed by atoms with Crippen LogP contribution in [0.2, 0.25) is 0 Å². The predicted octanol–water partition coefficient (Wildman–Crippen LogP) is 4.48. The Morgan fingerprint density at radius 2 is 1.80 bits per heavy atom. The topological polar surface area (TPSA) is 47.6 Å². The molecular formula is C18H16F3NO3. The third kappa shape index (κ3) is 5.27. The summed E-state index contributed by atoms with van der Waals surface area (Å²) in [6, 6.07) is 9.83. The highest BCUT2D eigenvalue weighted by molar-refractivity contribution is 6.03. The zero-order valence-electron chi connectivity index (χ0n) is 13.6. The van der Waals surface area contributed by atoms with Crippen molar-refractivity contribution in [2.45, 2.75) is 13.5 Å². The van der Waals surface area contributed by atoms with Crippen molar-refractivity contribution in [3.63, 3.8) is 0 Å². The third-order valence-corrected chi connectivity index (χ3v) is 3.29. The highest BCUT2D eigenvalue weighted by Gasteiger charge is 2.12. The molecule has 132 valence electrons. The fourth-order valence-electron chi connectivity index (χ4n) is 2.11. The van der Waals surface area contributed by atoms with Gasteiger partial charge in [0, 0.05) is 17.8 Å². The lowest BCUT2D eigenvalue weighted by molar-refractivity contribution is -0.111. The standard InChI is InChI=1S/C18H16F3NO3/c1-11(12-3-5-13(19)6-4-12)9-17(23)22-14-7-8-15(24-2)16(10-14)25-18(20)21/h3-10,18H,1-2H3,(H,22,23)/b11-9+. The van der Waals surface area contributed by atoms with Gasteiger partial charge in [-0.15, -0.1) is 0 Å². The largest absolute Gasteiger partial charge is 0.493 e. The number of ether oxygens (including phenoxy) is 2. The van der Waals surface area contributed by atoms with E-state index in [-0.39, 0.29) is 23.0 Å². The summed E-state index contributed by atoms with van der Waals surface area (Å²) in [4.78, 5) is 12.1. The number of carbonyl (C=O) groups is 1. The summed E-state index contributed by atoms with van der Waals surface area (Å²) >= 11 is 0. The molecule has 1 amide bonds. The predicted molar refractivity (Wildman–Crippen MR) is 88.3 cm³/mol. The van der Waals surface area contributed by atoms with E-state index < -0.39 is 12.5 Å². The van der Waals surface area contributed by atoms with Crippen molar-refractivity contribution < 1.29 is 27.4 Å². The zero-order chi connectivity index (χ0) is 18.4. The van der Waals surface area contributed by atoms with Crippen LogP contribution in [0.15, 0.2) is 48.5 Å². The molecule has 2 aromatic carbocycles. The van der Waals surface area contributed by atoms with E-state index in [0.29, 0.717) is 11.1 Å². The number of hydrogen-bond acceptors (Lipinski definition) is 3. The molecule has 2 rings (SSSR count). The highest BCUT2D eigenvalue weighted by Crippen LogP contribution is 2.31. The van der Waals surface area contributed by atoms with Gasteiger partial charge < -0.3 is 14.8 Å². The van der Waals surface area contributed by atoms with Gasteiger partial charge in [0.1, 0.15) is 5.82 Å². The number of amides is 1. The number of alkyl halides is 2. The lowest BCUT2D eigenvalue weighted by atomic mass is 10.1. The van der Waals surface area contributed by atoms with E-state index in [0.717, 1.165) is 0 Å². The Morgan fingerprint density at radius 3 is 2.40 bits per heavy atom. The van der Waals surface area contributed by atoms with Crippen LogP contribution in [-0.2, 0) is 4.79 Å². The maximum absolute atomic E-state index is 12.9. The Balaban J connectivity index is 2.14. The molecular weight excluding hydrogens is 335 g/mol. The second-order valence-electron chi connectivity index (χ2n) is 5.07. The zero-order valence-corrected chi connectivity index (χ0v) is 13.6. The normalized spacial score (nSPS) is 11.4. The van der Waals surface area contributed by atoms with Crippen LogP contribution in [0.25, 0.3) is 5.57 Å². The van der Waals surface area contributed by atoms with Gasteiger partial charge in [0.15, 0.2) is 11.5 Å². The SMILES string of the molecule is COc1ccc(NC(=O)/C=C(\C)c2ccc(F)cc2)cc1OC(F)F. The van der Waals surface area contributed by atoms with E-state index in [1.165, 1.54) is 43.5 Å². The van der Waals surface area contributed by atoms with E-state index in [2.05, 4.69) is 10.1 Å². The first-order valence-electron chi connectivity index (χ1n) is 7.27. The van der Waals surface area contributed by atoms with Crippen LogP contribution < -0.4 is 14.8 Å². The molecule has 0 aromatic heterocycles. The van der Waals surface area contributed by atoms with Gasteiger partial charge in [-0.25, -0.2) is 4.39 Å². The number of halogens is 3. The smallest absolute Gasteiger partial charge is 0.387 e. The van der Waals surface area contributed by atoms with Gasteiger partial charge in [-0.05, 0) is 42.3 Å². The summed E-state index contributed by atoms with van der Waals surface area (Å²) in [5.74, 6) is -0.897. The molecule has 0 aliphatic carbocycles. The fourth-order valence-corrected chi connectivity index (χ4v) is 2.11. The van der Waals surface area contributed by atoms with Gasteiger partial charge in [0.25, 0.3) is 0 Å². The number of methoxy groups -OCH3 is 1. The molecule has 0 saturated carbocycles.